The maximum absolute atomic E-state index is 13.6. The van der Waals surface area contributed by atoms with Gasteiger partial charge in [0, 0.05) is 0 Å². The summed E-state index contributed by atoms with van der Waals surface area (Å²) in [5.74, 6) is 0.672. The second-order valence-corrected chi connectivity index (χ2v) is 20.7. The van der Waals surface area contributed by atoms with Crippen molar-refractivity contribution < 1.29 is 14.3 Å². The Morgan fingerprint density at radius 3 is 1.05 bits per heavy atom. The molecule has 0 heterocycles. The van der Waals surface area contributed by atoms with Gasteiger partial charge in [0.2, 0.25) is 0 Å². The van der Waals surface area contributed by atoms with Crippen molar-refractivity contribution >= 4 is 17.9 Å². The van der Waals surface area contributed by atoms with Crippen LogP contribution in [0.3, 0.4) is 0 Å². The SMILES string of the molecule is CCCCCCCCCc1ccccc1P(O)(O)(Oc1cccc(CCCCCCCCC)c1CCCCCCCCC)c1ccccc1CCCCCCCCC. The summed E-state index contributed by atoms with van der Waals surface area (Å²) in [5, 5.41) is 1.18. The molecule has 0 bridgehead atoms. The van der Waals surface area contributed by atoms with Crippen LogP contribution in [0.2, 0.25) is 0 Å². The molecule has 0 saturated carbocycles. The topological polar surface area (TPSA) is 49.7 Å². The molecule has 0 aliphatic carbocycles. The van der Waals surface area contributed by atoms with E-state index < -0.39 is 7.28 Å². The van der Waals surface area contributed by atoms with Gasteiger partial charge in [0.05, 0.1) is 0 Å². The predicted octanol–water partition coefficient (Wildman–Crippen LogP) is 16.2. The molecule has 0 atom stereocenters. The Hall–Kier alpha value is -2.19. The van der Waals surface area contributed by atoms with Gasteiger partial charge in [0.1, 0.15) is 0 Å². The standard InChI is InChI=1S/C54H89O3P/c1-5-9-13-17-21-25-29-38-48-43-37-45-52(51(48)44-32-28-24-20-16-12-8-4)57-58(55,56,53-46-35-33-41-49(53)39-30-26-22-18-14-10-6-2)54-47-36-34-42-50(54)40-31-27-23-19-15-11-7-3/h33-37,41-43,45-47,55-56H,5-32,38-40,44H2,1-4H3. The van der Waals surface area contributed by atoms with Gasteiger partial charge in [-0.15, -0.1) is 0 Å². The fraction of sp³-hybridized carbons (Fsp3) is 0.667. The van der Waals surface area contributed by atoms with Crippen molar-refractivity contribution in [3.63, 3.8) is 0 Å². The van der Waals surface area contributed by atoms with Crippen LogP contribution >= 0.6 is 7.28 Å². The van der Waals surface area contributed by atoms with Gasteiger partial charge < -0.3 is 0 Å². The van der Waals surface area contributed by atoms with Crippen LogP contribution in [-0.2, 0) is 25.7 Å². The maximum atomic E-state index is 13.6. The summed E-state index contributed by atoms with van der Waals surface area (Å²) in [5.41, 5.74) is 4.53. The van der Waals surface area contributed by atoms with Gasteiger partial charge in [-0.05, 0) is 0 Å². The van der Waals surface area contributed by atoms with Crippen LogP contribution in [0.5, 0.6) is 5.75 Å². The van der Waals surface area contributed by atoms with E-state index >= 15 is 0 Å². The van der Waals surface area contributed by atoms with Crippen LogP contribution in [0, 0.1) is 0 Å². The summed E-state index contributed by atoms with van der Waals surface area (Å²) in [7, 11) is -5.21. The van der Waals surface area contributed by atoms with Crippen LogP contribution in [0.4, 0.5) is 0 Å². The Bertz CT molecular complexity index is 1420. The molecular formula is C54H89O3P. The summed E-state index contributed by atoms with van der Waals surface area (Å²) in [6, 6.07) is 22.7. The molecule has 2 N–H and O–H groups in total. The van der Waals surface area contributed by atoms with E-state index in [0.717, 1.165) is 75.3 Å². The van der Waals surface area contributed by atoms with E-state index in [0.29, 0.717) is 16.4 Å². The number of unbranched alkanes of at least 4 members (excludes halogenated alkanes) is 24. The van der Waals surface area contributed by atoms with Crippen molar-refractivity contribution in [2.75, 3.05) is 0 Å². The van der Waals surface area contributed by atoms with Crippen molar-refractivity contribution in [1.29, 1.82) is 0 Å². The van der Waals surface area contributed by atoms with Gasteiger partial charge >= 0.3 is 353 Å². The average molecular weight is 817 g/mol. The molecule has 0 fully saturated rings. The zero-order valence-electron chi connectivity index (χ0n) is 38.2. The summed E-state index contributed by atoms with van der Waals surface area (Å²) < 4.78 is 7.18. The second-order valence-electron chi connectivity index (χ2n) is 17.7. The van der Waals surface area contributed by atoms with E-state index in [1.54, 1.807) is 0 Å². The van der Waals surface area contributed by atoms with Crippen LogP contribution in [0.1, 0.15) is 230 Å². The van der Waals surface area contributed by atoms with E-state index in [4.69, 9.17) is 4.52 Å². The molecule has 0 unspecified atom stereocenters. The summed E-state index contributed by atoms with van der Waals surface area (Å²) in [4.78, 5) is 27.2. The molecule has 328 valence electrons. The Morgan fingerprint density at radius 2 is 0.655 bits per heavy atom. The number of rotatable bonds is 36. The second kappa shape index (κ2) is 29.9. The molecule has 4 heteroatoms. The van der Waals surface area contributed by atoms with Crippen molar-refractivity contribution in [1.82, 2.24) is 0 Å². The van der Waals surface area contributed by atoms with Gasteiger partial charge in [-0.25, -0.2) is 0 Å². The first-order valence-corrected chi connectivity index (χ1v) is 26.9. The molecule has 3 aromatic rings. The summed E-state index contributed by atoms with van der Waals surface area (Å²) >= 11 is 0. The van der Waals surface area contributed by atoms with Crippen LogP contribution in [0.15, 0.2) is 66.7 Å². The predicted molar refractivity (Wildman–Crippen MR) is 257 cm³/mol. The van der Waals surface area contributed by atoms with Crippen molar-refractivity contribution in [3.05, 3.63) is 89.0 Å². The van der Waals surface area contributed by atoms with Gasteiger partial charge in [-0.2, -0.15) is 0 Å². The van der Waals surface area contributed by atoms with Crippen LogP contribution in [0.25, 0.3) is 0 Å². The van der Waals surface area contributed by atoms with Gasteiger partial charge in [0.25, 0.3) is 0 Å². The first-order chi connectivity index (χ1) is 28.4. The molecular weight excluding hydrogens is 728 g/mol. The van der Waals surface area contributed by atoms with E-state index in [-0.39, 0.29) is 0 Å². The minimum atomic E-state index is -5.21. The van der Waals surface area contributed by atoms with Crippen molar-refractivity contribution in [3.8, 4) is 5.75 Å². The third-order valence-corrected chi connectivity index (χ3v) is 15.7. The third-order valence-electron chi connectivity index (χ3n) is 12.5. The normalized spacial score (nSPS) is 12.5. The minimum absolute atomic E-state index is 0.589. The number of hydrogen-bond donors (Lipinski definition) is 2. The van der Waals surface area contributed by atoms with Crippen LogP contribution in [-0.4, -0.2) is 9.79 Å². The Labute approximate surface area is 358 Å². The van der Waals surface area contributed by atoms with E-state index in [1.165, 1.54) is 152 Å². The molecule has 0 saturated heterocycles. The van der Waals surface area contributed by atoms with Crippen LogP contribution < -0.4 is 15.1 Å². The Morgan fingerprint density at radius 1 is 0.345 bits per heavy atom. The van der Waals surface area contributed by atoms with E-state index in [9.17, 15) is 9.79 Å². The molecule has 0 radical (unpaired) electrons. The number of hydrogen-bond acceptors (Lipinski definition) is 3. The van der Waals surface area contributed by atoms with E-state index in [1.807, 2.05) is 30.3 Å². The monoisotopic (exact) mass is 817 g/mol. The molecule has 0 aliphatic heterocycles. The summed E-state index contributed by atoms with van der Waals surface area (Å²) in [6.07, 6.45) is 38.4. The molecule has 0 aromatic heterocycles. The van der Waals surface area contributed by atoms with Crippen molar-refractivity contribution in [2.24, 2.45) is 0 Å². The van der Waals surface area contributed by atoms with Gasteiger partial charge in [-0.1, -0.05) is 6.92 Å². The van der Waals surface area contributed by atoms with Gasteiger partial charge in [0.15, 0.2) is 0 Å². The first-order valence-electron chi connectivity index (χ1n) is 24.9. The third kappa shape index (κ3) is 17.8. The number of aryl methyl sites for hydroxylation is 3. The quantitative estimate of drug-likeness (QED) is 0.0454. The zero-order chi connectivity index (χ0) is 41.6. The Balaban J connectivity index is 2.02. The fourth-order valence-corrected chi connectivity index (χ4v) is 12.1. The molecule has 0 spiro atoms. The first kappa shape index (κ1) is 50.2. The van der Waals surface area contributed by atoms with Crippen molar-refractivity contribution in [2.45, 2.75) is 233 Å². The summed E-state index contributed by atoms with van der Waals surface area (Å²) in [6.45, 7) is 9.11. The number of benzene rings is 3. The van der Waals surface area contributed by atoms with E-state index in [2.05, 4.69) is 64.1 Å². The fourth-order valence-electron chi connectivity index (χ4n) is 8.94. The molecule has 0 aliphatic rings. The molecule has 58 heavy (non-hydrogen) atoms. The molecule has 3 aromatic carbocycles. The molecule has 3 nitrogen and oxygen atoms in total. The average Bonchev–Trinajstić information content (AvgIpc) is 3.23. The Kier molecular flexibility index (Phi) is 25.9. The zero-order valence-corrected chi connectivity index (χ0v) is 39.1. The molecule has 3 rings (SSSR count). The van der Waals surface area contributed by atoms with Gasteiger partial charge in [-0.3, -0.25) is 0 Å². The molecule has 0 amide bonds.